The van der Waals surface area contributed by atoms with Crippen molar-refractivity contribution in [3.63, 3.8) is 0 Å². The highest BCUT2D eigenvalue weighted by Gasteiger charge is 2.19. The molecule has 0 saturated heterocycles. The summed E-state index contributed by atoms with van der Waals surface area (Å²) in [6, 6.07) is 21.9. The molecule has 3 aromatic carbocycles. The zero-order valence-corrected chi connectivity index (χ0v) is 15.0. The molecule has 3 heteroatoms. The summed E-state index contributed by atoms with van der Waals surface area (Å²) in [4.78, 5) is 25.8. The second-order valence-corrected chi connectivity index (χ2v) is 6.16. The first-order valence-electron chi connectivity index (χ1n) is 8.70. The van der Waals surface area contributed by atoms with Crippen LogP contribution in [0.4, 0.5) is 5.69 Å². The molecule has 0 aromatic heterocycles. The van der Waals surface area contributed by atoms with Gasteiger partial charge in [-0.2, -0.15) is 0 Å². The molecule has 0 fully saturated rings. The quantitative estimate of drug-likeness (QED) is 0.660. The first kappa shape index (κ1) is 17.6. The van der Waals surface area contributed by atoms with Crippen LogP contribution in [0.25, 0.3) is 0 Å². The molecule has 0 saturated carbocycles. The molecule has 0 heterocycles. The fourth-order valence-corrected chi connectivity index (χ4v) is 3.01. The minimum atomic E-state index is -0.270. The lowest BCUT2D eigenvalue weighted by molar-refractivity contribution is 0.0996. The van der Waals surface area contributed by atoms with E-state index in [-0.39, 0.29) is 11.7 Å². The van der Waals surface area contributed by atoms with Crippen LogP contribution in [-0.2, 0) is 6.42 Å². The SMILES string of the molecule is CCc1cccc(C)c1NC(=O)c1ccccc1C(=O)c1ccccc1. The van der Waals surface area contributed by atoms with Gasteiger partial charge in [0, 0.05) is 16.8 Å². The lowest BCUT2D eigenvalue weighted by atomic mass is 9.97. The van der Waals surface area contributed by atoms with E-state index < -0.39 is 0 Å². The molecule has 130 valence electrons. The Morgan fingerprint density at radius 2 is 1.46 bits per heavy atom. The summed E-state index contributed by atoms with van der Waals surface area (Å²) in [7, 11) is 0. The molecule has 0 spiro atoms. The topological polar surface area (TPSA) is 46.2 Å². The highest BCUT2D eigenvalue weighted by molar-refractivity contribution is 6.17. The third-order valence-corrected chi connectivity index (χ3v) is 4.43. The van der Waals surface area contributed by atoms with Gasteiger partial charge in [-0.05, 0) is 30.5 Å². The second kappa shape index (κ2) is 7.79. The van der Waals surface area contributed by atoms with Crippen molar-refractivity contribution in [2.24, 2.45) is 0 Å². The number of hydrogen-bond donors (Lipinski definition) is 1. The molecular weight excluding hydrogens is 322 g/mol. The number of carbonyl (C=O) groups excluding carboxylic acids is 2. The van der Waals surface area contributed by atoms with E-state index in [1.165, 1.54) is 0 Å². The van der Waals surface area contributed by atoms with Crippen molar-refractivity contribution in [1.29, 1.82) is 0 Å². The Labute approximate surface area is 153 Å². The van der Waals surface area contributed by atoms with Gasteiger partial charge < -0.3 is 5.32 Å². The van der Waals surface area contributed by atoms with Crippen molar-refractivity contribution >= 4 is 17.4 Å². The summed E-state index contributed by atoms with van der Waals surface area (Å²) < 4.78 is 0. The van der Waals surface area contributed by atoms with Gasteiger partial charge in [-0.3, -0.25) is 9.59 Å². The summed E-state index contributed by atoms with van der Waals surface area (Å²) in [6.45, 7) is 4.02. The van der Waals surface area contributed by atoms with Gasteiger partial charge in [0.05, 0.1) is 5.56 Å². The van der Waals surface area contributed by atoms with E-state index in [2.05, 4.69) is 12.2 Å². The van der Waals surface area contributed by atoms with E-state index in [4.69, 9.17) is 0 Å². The largest absolute Gasteiger partial charge is 0.321 e. The molecular formula is C23H21NO2. The van der Waals surface area contributed by atoms with E-state index in [1.54, 1.807) is 36.4 Å². The van der Waals surface area contributed by atoms with Gasteiger partial charge in [-0.25, -0.2) is 0 Å². The van der Waals surface area contributed by atoms with Gasteiger partial charge >= 0.3 is 0 Å². The summed E-state index contributed by atoms with van der Waals surface area (Å²) in [5, 5.41) is 3.00. The first-order valence-corrected chi connectivity index (χ1v) is 8.70. The minimum Gasteiger partial charge on any atom is -0.321 e. The molecule has 0 aliphatic heterocycles. The number of para-hydroxylation sites is 1. The fourth-order valence-electron chi connectivity index (χ4n) is 3.01. The number of aryl methyl sites for hydroxylation is 2. The van der Waals surface area contributed by atoms with Crippen LogP contribution in [0.3, 0.4) is 0 Å². The van der Waals surface area contributed by atoms with Gasteiger partial charge in [0.2, 0.25) is 0 Å². The van der Waals surface area contributed by atoms with Crippen LogP contribution in [0, 0.1) is 6.92 Å². The molecule has 0 atom stereocenters. The van der Waals surface area contributed by atoms with Crippen LogP contribution in [0.15, 0.2) is 72.8 Å². The third-order valence-electron chi connectivity index (χ3n) is 4.43. The maximum atomic E-state index is 12.9. The standard InChI is InChI=1S/C23H21NO2/c1-3-17-13-9-10-16(2)21(17)24-23(26)20-15-8-7-14-19(20)22(25)18-11-5-4-6-12-18/h4-15H,3H2,1-2H3,(H,24,26). The molecule has 0 radical (unpaired) electrons. The van der Waals surface area contributed by atoms with Crippen LogP contribution in [0.1, 0.15) is 44.3 Å². The number of benzene rings is 3. The molecule has 1 N–H and O–H groups in total. The highest BCUT2D eigenvalue weighted by Crippen LogP contribution is 2.23. The third kappa shape index (κ3) is 3.57. The van der Waals surface area contributed by atoms with Crippen LogP contribution in [0.5, 0.6) is 0 Å². The monoisotopic (exact) mass is 343 g/mol. The van der Waals surface area contributed by atoms with Crippen LogP contribution in [-0.4, -0.2) is 11.7 Å². The number of ketones is 1. The number of anilines is 1. The van der Waals surface area contributed by atoms with E-state index in [0.717, 1.165) is 23.2 Å². The lowest BCUT2D eigenvalue weighted by Gasteiger charge is -2.14. The number of carbonyl (C=O) groups is 2. The number of nitrogens with one attached hydrogen (secondary N) is 1. The highest BCUT2D eigenvalue weighted by atomic mass is 16.2. The van der Waals surface area contributed by atoms with Gasteiger partial charge in [-0.15, -0.1) is 0 Å². The number of amides is 1. The molecule has 3 nitrogen and oxygen atoms in total. The van der Waals surface area contributed by atoms with Crippen LogP contribution in [0.2, 0.25) is 0 Å². The minimum absolute atomic E-state index is 0.156. The first-order chi connectivity index (χ1) is 12.6. The molecule has 0 aliphatic rings. The zero-order valence-electron chi connectivity index (χ0n) is 15.0. The van der Waals surface area contributed by atoms with E-state index in [0.29, 0.717) is 16.7 Å². The maximum Gasteiger partial charge on any atom is 0.256 e. The average molecular weight is 343 g/mol. The molecule has 0 bridgehead atoms. The predicted molar refractivity (Wildman–Crippen MR) is 105 cm³/mol. The molecule has 3 aromatic rings. The van der Waals surface area contributed by atoms with Crippen molar-refractivity contribution in [2.75, 3.05) is 5.32 Å². The number of hydrogen-bond acceptors (Lipinski definition) is 2. The Bertz CT molecular complexity index is 945. The Hall–Kier alpha value is -3.20. The molecule has 3 rings (SSSR count). The van der Waals surface area contributed by atoms with Gasteiger partial charge in [0.25, 0.3) is 5.91 Å². The van der Waals surface area contributed by atoms with Crippen molar-refractivity contribution in [1.82, 2.24) is 0 Å². The Kier molecular flexibility index (Phi) is 5.28. The average Bonchev–Trinajstić information content (AvgIpc) is 2.69. The van der Waals surface area contributed by atoms with Gasteiger partial charge in [0.15, 0.2) is 5.78 Å². The maximum absolute atomic E-state index is 12.9. The second-order valence-electron chi connectivity index (χ2n) is 6.16. The number of rotatable bonds is 5. The van der Waals surface area contributed by atoms with Crippen molar-refractivity contribution in [3.05, 3.63) is 101 Å². The molecule has 0 unspecified atom stereocenters. The van der Waals surface area contributed by atoms with E-state index >= 15 is 0 Å². The Balaban J connectivity index is 1.96. The Morgan fingerprint density at radius 3 is 2.15 bits per heavy atom. The fraction of sp³-hybridized carbons (Fsp3) is 0.130. The van der Waals surface area contributed by atoms with Gasteiger partial charge in [0.1, 0.15) is 0 Å². The zero-order chi connectivity index (χ0) is 18.5. The molecule has 1 amide bonds. The van der Waals surface area contributed by atoms with Crippen molar-refractivity contribution in [2.45, 2.75) is 20.3 Å². The van der Waals surface area contributed by atoms with Crippen molar-refractivity contribution < 1.29 is 9.59 Å². The van der Waals surface area contributed by atoms with Gasteiger partial charge in [-0.1, -0.05) is 73.7 Å². The summed E-state index contributed by atoms with van der Waals surface area (Å²) in [5.74, 6) is -0.425. The van der Waals surface area contributed by atoms with E-state index in [1.807, 2.05) is 43.3 Å². The lowest BCUT2D eigenvalue weighted by Crippen LogP contribution is -2.18. The summed E-state index contributed by atoms with van der Waals surface area (Å²) >= 11 is 0. The van der Waals surface area contributed by atoms with E-state index in [9.17, 15) is 9.59 Å². The summed E-state index contributed by atoms with van der Waals surface area (Å²) in [6.07, 6.45) is 0.821. The summed E-state index contributed by atoms with van der Waals surface area (Å²) in [5.41, 5.74) is 4.25. The van der Waals surface area contributed by atoms with Crippen LogP contribution >= 0.6 is 0 Å². The predicted octanol–water partition coefficient (Wildman–Crippen LogP) is 5.04. The van der Waals surface area contributed by atoms with Crippen molar-refractivity contribution in [3.8, 4) is 0 Å². The normalized spacial score (nSPS) is 10.4. The molecule has 26 heavy (non-hydrogen) atoms. The Morgan fingerprint density at radius 1 is 0.808 bits per heavy atom. The van der Waals surface area contributed by atoms with Crippen LogP contribution < -0.4 is 5.32 Å². The smallest absolute Gasteiger partial charge is 0.256 e. The molecule has 0 aliphatic carbocycles.